The maximum absolute atomic E-state index is 14.5. The van der Waals surface area contributed by atoms with E-state index in [9.17, 15) is 17.6 Å². The zero-order valence-electron chi connectivity index (χ0n) is 15.5. The normalized spacial score (nSPS) is 19.8. The van der Waals surface area contributed by atoms with Crippen molar-refractivity contribution in [2.75, 3.05) is 13.2 Å². The van der Waals surface area contributed by atoms with Gasteiger partial charge in [-0.05, 0) is 48.2 Å². The monoisotopic (exact) mass is 398 g/mol. The van der Waals surface area contributed by atoms with Crippen molar-refractivity contribution in [1.82, 2.24) is 0 Å². The zero-order valence-corrected chi connectivity index (χ0v) is 15.5. The first-order chi connectivity index (χ1) is 13.5. The van der Waals surface area contributed by atoms with E-state index in [1.54, 1.807) is 0 Å². The molecule has 3 nitrogen and oxygen atoms in total. The minimum absolute atomic E-state index is 0.0750. The van der Waals surface area contributed by atoms with Crippen LogP contribution in [0.2, 0.25) is 0 Å². The molecule has 1 saturated heterocycles. The predicted molar refractivity (Wildman–Crippen MR) is 96.2 cm³/mol. The lowest BCUT2D eigenvalue weighted by Gasteiger charge is -2.28. The van der Waals surface area contributed by atoms with Gasteiger partial charge in [-0.1, -0.05) is 19.1 Å². The third-order valence-electron chi connectivity index (χ3n) is 4.75. The molecule has 1 fully saturated rings. The van der Waals surface area contributed by atoms with Gasteiger partial charge >= 0.3 is 6.61 Å². The SMILES string of the molecule is CCC1COC(CCc2cc(F)c(-c3ccc(OC(F)F)cc3)c(F)c2)OC1. The number of alkyl halides is 2. The van der Waals surface area contributed by atoms with Crippen molar-refractivity contribution >= 4 is 0 Å². The molecule has 28 heavy (non-hydrogen) atoms. The minimum atomic E-state index is -2.96. The molecule has 1 aliphatic rings. The topological polar surface area (TPSA) is 27.7 Å². The summed E-state index contributed by atoms with van der Waals surface area (Å²) in [6.45, 7) is 0.385. The third kappa shape index (κ3) is 5.23. The van der Waals surface area contributed by atoms with Gasteiger partial charge in [0.2, 0.25) is 0 Å². The molecule has 3 rings (SSSR count). The number of rotatable bonds is 7. The largest absolute Gasteiger partial charge is 0.435 e. The Hall–Kier alpha value is -2.12. The number of benzene rings is 2. The number of hydrogen-bond donors (Lipinski definition) is 0. The van der Waals surface area contributed by atoms with Crippen LogP contribution in [0.3, 0.4) is 0 Å². The smallest absolute Gasteiger partial charge is 0.387 e. The van der Waals surface area contributed by atoms with Gasteiger partial charge in [-0.3, -0.25) is 0 Å². The molecule has 0 amide bonds. The van der Waals surface area contributed by atoms with Gasteiger partial charge in [-0.25, -0.2) is 8.78 Å². The zero-order chi connectivity index (χ0) is 20.1. The number of halogens is 4. The van der Waals surface area contributed by atoms with Crippen molar-refractivity contribution in [2.45, 2.75) is 39.1 Å². The standard InChI is InChI=1S/C21H22F4O3/c1-2-13-11-26-19(27-12-13)8-3-14-9-17(22)20(18(23)10-14)15-4-6-16(7-5-15)28-21(24)25/h4-7,9-10,13,19,21H,2-3,8,11-12H2,1H3. The van der Waals surface area contributed by atoms with E-state index in [4.69, 9.17) is 9.47 Å². The Morgan fingerprint density at radius 3 is 2.18 bits per heavy atom. The highest BCUT2D eigenvalue weighted by Crippen LogP contribution is 2.30. The summed E-state index contributed by atoms with van der Waals surface area (Å²) in [6, 6.07) is 7.73. The molecule has 2 aromatic rings. The second-order valence-corrected chi connectivity index (χ2v) is 6.75. The van der Waals surface area contributed by atoms with E-state index in [1.165, 1.54) is 36.4 Å². The van der Waals surface area contributed by atoms with Crippen LogP contribution < -0.4 is 4.74 Å². The molecule has 0 N–H and O–H groups in total. The summed E-state index contributed by atoms with van der Waals surface area (Å²) in [6.07, 6.45) is 1.54. The van der Waals surface area contributed by atoms with Crippen molar-refractivity contribution < 1.29 is 31.8 Å². The molecular weight excluding hydrogens is 376 g/mol. The molecule has 1 heterocycles. The van der Waals surface area contributed by atoms with E-state index in [1.807, 2.05) is 0 Å². The Morgan fingerprint density at radius 2 is 1.64 bits per heavy atom. The van der Waals surface area contributed by atoms with Crippen LogP contribution in [0.25, 0.3) is 11.1 Å². The summed E-state index contributed by atoms with van der Waals surface area (Å²) >= 11 is 0. The molecule has 7 heteroatoms. The molecule has 1 aliphatic heterocycles. The molecular formula is C21H22F4O3. The van der Waals surface area contributed by atoms with Crippen LogP contribution in [0.1, 0.15) is 25.3 Å². The lowest BCUT2D eigenvalue weighted by molar-refractivity contribution is -0.202. The summed E-state index contributed by atoms with van der Waals surface area (Å²) in [7, 11) is 0. The van der Waals surface area contributed by atoms with Crippen molar-refractivity contribution in [1.29, 1.82) is 0 Å². The second kappa shape index (κ2) is 9.39. The summed E-state index contributed by atoms with van der Waals surface area (Å²) in [4.78, 5) is 0. The first kappa shape index (κ1) is 20.6. The van der Waals surface area contributed by atoms with Crippen molar-refractivity contribution in [3.05, 3.63) is 53.6 Å². The van der Waals surface area contributed by atoms with Gasteiger partial charge in [0, 0.05) is 12.3 Å². The Bertz CT molecular complexity index is 749. The Kier molecular flexibility index (Phi) is 6.91. The van der Waals surface area contributed by atoms with Gasteiger partial charge in [-0.2, -0.15) is 8.78 Å². The highest BCUT2D eigenvalue weighted by Gasteiger charge is 2.21. The van der Waals surface area contributed by atoms with Gasteiger partial charge < -0.3 is 14.2 Å². The Morgan fingerprint density at radius 1 is 1.04 bits per heavy atom. The molecule has 0 saturated carbocycles. The molecule has 0 radical (unpaired) electrons. The maximum atomic E-state index is 14.5. The third-order valence-corrected chi connectivity index (χ3v) is 4.75. The average molecular weight is 398 g/mol. The van der Waals surface area contributed by atoms with Crippen LogP contribution in [0, 0.1) is 17.6 Å². The van der Waals surface area contributed by atoms with Crippen LogP contribution in [-0.2, 0) is 15.9 Å². The van der Waals surface area contributed by atoms with E-state index in [2.05, 4.69) is 11.7 Å². The van der Waals surface area contributed by atoms with Gasteiger partial charge in [-0.15, -0.1) is 0 Å². The molecule has 0 aliphatic carbocycles. The maximum Gasteiger partial charge on any atom is 0.387 e. The van der Waals surface area contributed by atoms with E-state index in [0.29, 0.717) is 37.5 Å². The van der Waals surface area contributed by atoms with Crippen LogP contribution in [-0.4, -0.2) is 26.1 Å². The van der Waals surface area contributed by atoms with E-state index in [-0.39, 0.29) is 23.2 Å². The van der Waals surface area contributed by atoms with Crippen molar-refractivity contribution in [3.63, 3.8) is 0 Å². The molecule has 0 aromatic heterocycles. The van der Waals surface area contributed by atoms with E-state index >= 15 is 0 Å². The second-order valence-electron chi connectivity index (χ2n) is 6.75. The summed E-state index contributed by atoms with van der Waals surface area (Å²) in [5.41, 5.74) is 0.539. The number of hydrogen-bond acceptors (Lipinski definition) is 3. The van der Waals surface area contributed by atoms with Gasteiger partial charge in [0.15, 0.2) is 6.29 Å². The highest BCUT2D eigenvalue weighted by atomic mass is 19.3. The van der Waals surface area contributed by atoms with Crippen LogP contribution in [0.5, 0.6) is 5.75 Å². The molecule has 0 atom stereocenters. The molecule has 0 unspecified atom stereocenters. The number of aryl methyl sites for hydroxylation is 1. The van der Waals surface area contributed by atoms with E-state index in [0.717, 1.165) is 6.42 Å². The summed E-state index contributed by atoms with van der Waals surface area (Å²) in [5.74, 6) is -1.11. The van der Waals surface area contributed by atoms with E-state index < -0.39 is 18.2 Å². The molecule has 2 aromatic carbocycles. The first-order valence-corrected chi connectivity index (χ1v) is 9.22. The molecule has 0 spiro atoms. The van der Waals surface area contributed by atoms with Gasteiger partial charge in [0.05, 0.1) is 18.8 Å². The fraction of sp³-hybridized carbons (Fsp3) is 0.429. The Balaban J connectivity index is 1.66. The summed E-state index contributed by atoms with van der Waals surface area (Å²) in [5, 5.41) is 0. The number of ether oxygens (including phenoxy) is 3. The molecule has 0 bridgehead atoms. The van der Waals surface area contributed by atoms with Gasteiger partial charge in [0.25, 0.3) is 0 Å². The van der Waals surface area contributed by atoms with Crippen LogP contribution >= 0.6 is 0 Å². The van der Waals surface area contributed by atoms with Gasteiger partial charge in [0.1, 0.15) is 17.4 Å². The van der Waals surface area contributed by atoms with Crippen molar-refractivity contribution in [3.8, 4) is 16.9 Å². The van der Waals surface area contributed by atoms with Crippen LogP contribution in [0.15, 0.2) is 36.4 Å². The fourth-order valence-corrected chi connectivity index (χ4v) is 3.12. The van der Waals surface area contributed by atoms with Crippen LogP contribution in [0.4, 0.5) is 17.6 Å². The lowest BCUT2D eigenvalue weighted by atomic mass is 10.00. The predicted octanol–water partition coefficient (Wildman–Crippen LogP) is 5.56. The lowest BCUT2D eigenvalue weighted by Crippen LogP contribution is -2.32. The fourth-order valence-electron chi connectivity index (χ4n) is 3.12. The average Bonchev–Trinajstić information content (AvgIpc) is 2.67. The van der Waals surface area contributed by atoms with Crippen molar-refractivity contribution in [2.24, 2.45) is 5.92 Å². The quantitative estimate of drug-likeness (QED) is 0.571. The summed E-state index contributed by atoms with van der Waals surface area (Å²) < 4.78 is 68.9. The minimum Gasteiger partial charge on any atom is -0.435 e. The molecule has 152 valence electrons. The highest BCUT2D eigenvalue weighted by molar-refractivity contribution is 5.66. The Labute approximate surface area is 161 Å². The first-order valence-electron chi connectivity index (χ1n) is 9.22.